The Labute approximate surface area is 130 Å². The van der Waals surface area contributed by atoms with E-state index >= 15 is 0 Å². The fourth-order valence-corrected chi connectivity index (χ4v) is 3.33. The fraction of sp³-hybridized carbons (Fsp3) is 0.0714. The fourth-order valence-electron chi connectivity index (χ4n) is 1.74. The standard InChI is InChI=1S/C14H10BrFN2O2S/c15-12-5-6-13(16)14(7-12)18-21(19,20)9-11-4-2-1-3-10(11)8-17/h1-7,18H,9H2. The van der Waals surface area contributed by atoms with Crippen molar-refractivity contribution in [1.82, 2.24) is 0 Å². The molecule has 7 heteroatoms. The van der Waals surface area contributed by atoms with Gasteiger partial charge in [0, 0.05) is 4.47 Å². The Morgan fingerprint density at radius 3 is 2.67 bits per heavy atom. The van der Waals surface area contributed by atoms with Gasteiger partial charge < -0.3 is 0 Å². The molecule has 0 saturated carbocycles. The molecule has 0 fully saturated rings. The van der Waals surface area contributed by atoms with Crippen molar-refractivity contribution in [1.29, 1.82) is 5.26 Å². The molecule has 0 heterocycles. The Balaban J connectivity index is 2.27. The highest BCUT2D eigenvalue weighted by atomic mass is 79.9. The molecule has 0 spiro atoms. The van der Waals surface area contributed by atoms with Crippen molar-refractivity contribution in [2.24, 2.45) is 0 Å². The van der Waals surface area contributed by atoms with E-state index in [1.54, 1.807) is 18.2 Å². The molecule has 0 aliphatic rings. The number of nitrogens with one attached hydrogen (secondary N) is 1. The summed E-state index contributed by atoms with van der Waals surface area (Å²) in [5, 5.41) is 8.95. The molecule has 0 aromatic heterocycles. The van der Waals surface area contributed by atoms with Crippen molar-refractivity contribution in [3.05, 3.63) is 63.9 Å². The van der Waals surface area contributed by atoms with Crippen LogP contribution in [0.15, 0.2) is 46.9 Å². The summed E-state index contributed by atoms with van der Waals surface area (Å²) in [7, 11) is -3.82. The Morgan fingerprint density at radius 1 is 1.24 bits per heavy atom. The van der Waals surface area contributed by atoms with Crippen LogP contribution in [0.1, 0.15) is 11.1 Å². The molecule has 0 amide bonds. The van der Waals surface area contributed by atoms with Crippen LogP contribution in [0.2, 0.25) is 0 Å². The average molecular weight is 369 g/mol. The van der Waals surface area contributed by atoms with Gasteiger partial charge in [0.1, 0.15) is 5.82 Å². The molecule has 0 bridgehead atoms. The number of hydrogen-bond acceptors (Lipinski definition) is 3. The Morgan fingerprint density at radius 2 is 1.95 bits per heavy atom. The molecule has 0 aliphatic carbocycles. The highest BCUT2D eigenvalue weighted by Crippen LogP contribution is 2.22. The van der Waals surface area contributed by atoms with Crippen LogP contribution in [0.4, 0.5) is 10.1 Å². The molecular weight excluding hydrogens is 359 g/mol. The summed E-state index contributed by atoms with van der Waals surface area (Å²) >= 11 is 3.15. The number of benzene rings is 2. The topological polar surface area (TPSA) is 70.0 Å². The predicted octanol–water partition coefficient (Wildman–Crippen LogP) is 3.40. The monoisotopic (exact) mass is 368 g/mol. The van der Waals surface area contributed by atoms with E-state index in [0.717, 1.165) is 6.07 Å². The summed E-state index contributed by atoms with van der Waals surface area (Å²) in [6, 6.07) is 12.3. The minimum absolute atomic E-state index is 0.140. The largest absolute Gasteiger partial charge is 0.280 e. The number of rotatable bonds is 4. The zero-order valence-electron chi connectivity index (χ0n) is 10.7. The van der Waals surface area contributed by atoms with Gasteiger partial charge in [0.2, 0.25) is 10.0 Å². The minimum Gasteiger partial charge on any atom is -0.280 e. The number of halogens is 2. The van der Waals surface area contributed by atoms with Gasteiger partial charge in [-0.15, -0.1) is 0 Å². The first-order valence-corrected chi connectivity index (χ1v) is 8.29. The zero-order chi connectivity index (χ0) is 15.5. The lowest BCUT2D eigenvalue weighted by atomic mass is 10.1. The van der Waals surface area contributed by atoms with Crippen LogP contribution >= 0.6 is 15.9 Å². The number of nitriles is 1. The van der Waals surface area contributed by atoms with Crippen molar-refractivity contribution < 1.29 is 12.8 Å². The van der Waals surface area contributed by atoms with Crippen molar-refractivity contribution in [3.63, 3.8) is 0 Å². The van der Waals surface area contributed by atoms with Gasteiger partial charge in [0.25, 0.3) is 0 Å². The first kappa shape index (κ1) is 15.5. The number of anilines is 1. The molecule has 4 nitrogen and oxygen atoms in total. The Kier molecular flexibility index (Phi) is 4.60. The van der Waals surface area contributed by atoms with Crippen LogP contribution in [-0.2, 0) is 15.8 Å². The van der Waals surface area contributed by atoms with Gasteiger partial charge >= 0.3 is 0 Å². The van der Waals surface area contributed by atoms with Crippen LogP contribution in [-0.4, -0.2) is 8.42 Å². The maximum absolute atomic E-state index is 13.6. The van der Waals surface area contributed by atoms with Gasteiger partial charge in [-0.25, -0.2) is 12.8 Å². The SMILES string of the molecule is N#Cc1ccccc1CS(=O)(=O)Nc1cc(Br)ccc1F. The maximum atomic E-state index is 13.6. The molecule has 0 atom stereocenters. The van der Waals surface area contributed by atoms with E-state index in [1.165, 1.54) is 18.2 Å². The third kappa shape index (κ3) is 4.03. The molecule has 1 N–H and O–H groups in total. The lowest BCUT2D eigenvalue weighted by molar-refractivity contribution is 0.597. The van der Waals surface area contributed by atoms with Crippen molar-refractivity contribution >= 4 is 31.6 Å². The minimum atomic E-state index is -3.82. The van der Waals surface area contributed by atoms with E-state index in [2.05, 4.69) is 20.7 Å². The van der Waals surface area contributed by atoms with Crippen LogP contribution in [0, 0.1) is 17.1 Å². The van der Waals surface area contributed by atoms with Gasteiger partial charge in [-0.3, -0.25) is 4.72 Å². The molecule has 2 aromatic rings. The third-order valence-electron chi connectivity index (χ3n) is 2.68. The Hall–Kier alpha value is -1.91. The number of nitrogens with zero attached hydrogens (tertiary/aromatic N) is 1. The Bertz CT molecular complexity index is 816. The van der Waals surface area contributed by atoms with E-state index in [1.807, 2.05) is 6.07 Å². The number of hydrogen-bond donors (Lipinski definition) is 1. The molecule has 21 heavy (non-hydrogen) atoms. The summed E-state index contributed by atoms with van der Waals surface area (Å²) < 4.78 is 40.5. The second-order valence-corrected chi connectivity index (χ2v) is 6.89. The molecule has 2 rings (SSSR count). The second-order valence-electron chi connectivity index (χ2n) is 4.25. The average Bonchev–Trinajstić information content (AvgIpc) is 2.43. The first-order valence-electron chi connectivity index (χ1n) is 5.85. The lowest BCUT2D eigenvalue weighted by Gasteiger charge is -2.10. The first-order chi connectivity index (χ1) is 9.91. The van der Waals surface area contributed by atoms with Gasteiger partial charge in [0.05, 0.1) is 23.1 Å². The van der Waals surface area contributed by atoms with Crippen LogP contribution in [0.5, 0.6) is 0 Å². The molecule has 0 aliphatic heterocycles. The molecule has 2 aromatic carbocycles. The van der Waals surface area contributed by atoms with Crippen molar-refractivity contribution in [2.75, 3.05) is 4.72 Å². The van der Waals surface area contributed by atoms with Crippen LogP contribution in [0.25, 0.3) is 0 Å². The second kappa shape index (κ2) is 6.24. The quantitative estimate of drug-likeness (QED) is 0.898. The van der Waals surface area contributed by atoms with E-state index in [9.17, 15) is 12.8 Å². The molecule has 0 radical (unpaired) electrons. The van der Waals surface area contributed by atoms with Gasteiger partial charge in [-0.05, 0) is 29.8 Å². The van der Waals surface area contributed by atoms with Crippen LogP contribution in [0.3, 0.4) is 0 Å². The third-order valence-corrected chi connectivity index (χ3v) is 4.39. The van der Waals surface area contributed by atoms with E-state index in [0.29, 0.717) is 10.0 Å². The van der Waals surface area contributed by atoms with Crippen molar-refractivity contribution in [2.45, 2.75) is 5.75 Å². The molecule has 0 unspecified atom stereocenters. The van der Waals surface area contributed by atoms with Gasteiger partial charge in [0.15, 0.2) is 0 Å². The summed E-state index contributed by atoms with van der Waals surface area (Å²) in [5.74, 6) is -1.07. The van der Waals surface area contributed by atoms with E-state index < -0.39 is 21.6 Å². The highest BCUT2D eigenvalue weighted by molar-refractivity contribution is 9.10. The van der Waals surface area contributed by atoms with Gasteiger partial charge in [-0.2, -0.15) is 5.26 Å². The highest BCUT2D eigenvalue weighted by Gasteiger charge is 2.16. The summed E-state index contributed by atoms with van der Waals surface area (Å²) in [6.45, 7) is 0. The van der Waals surface area contributed by atoms with E-state index in [-0.39, 0.29) is 11.3 Å². The van der Waals surface area contributed by atoms with Gasteiger partial charge in [-0.1, -0.05) is 34.1 Å². The maximum Gasteiger partial charge on any atom is 0.237 e. The predicted molar refractivity (Wildman–Crippen MR) is 81.5 cm³/mol. The van der Waals surface area contributed by atoms with E-state index in [4.69, 9.17) is 5.26 Å². The summed E-state index contributed by atoms with van der Waals surface area (Å²) in [6.07, 6.45) is 0. The normalized spacial score (nSPS) is 10.9. The lowest BCUT2D eigenvalue weighted by Crippen LogP contribution is -2.16. The zero-order valence-corrected chi connectivity index (χ0v) is 13.1. The molecule has 0 saturated heterocycles. The molecular formula is C14H10BrFN2O2S. The number of sulfonamides is 1. The summed E-state index contributed by atoms with van der Waals surface area (Å²) in [4.78, 5) is 0. The smallest absolute Gasteiger partial charge is 0.237 e. The molecule has 108 valence electrons. The van der Waals surface area contributed by atoms with Crippen molar-refractivity contribution in [3.8, 4) is 6.07 Å². The van der Waals surface area contributed by atoms with Crippen LogP contribution < -0.4 is 4.72 Å². The summed E-state index contributed by atoms with van der Waals surface area (Å²) in [5.41, 5.74) is 0.499.